The minimum Gasteiger partial charge on any atom is -0.452 e. The van der Waals surface area contributed by atoms with Gasteiger partial charge in [0.2, 0.25) is 0 Å². The van der Waals surface area contributed by atoms with Crippen LogP contribution in [0.25, 0.3) is 11.3 Å². The van der Waals surface area contributed by atoms with Crippen molar-refractivity contribution in [3.8, 4) is 11.3 Å². The fraction of sp³-hybridized carbons (Fsp3) is 0.0833. The lowest BCUT2D eigenvalue weighted by molar-refractivity contribution is 0.105. The fourth-order valence-electron chi connectivity index (χ4n) is 1.34. The number of carbonyl (C=O) groups is 1. The number of aryl methyl sites for hydroxylation is 1. The summed E-state index contributed by atoms with van der Waals surface area (Å²) in [5.41, 5.74) is 2.05. The first-order chi connectivity index (χ1) is 7.58. The summed E-state index contributed by atoms with van der Waals surface area (Å²) in [6.07, 6.45) is 0. The summed E-state index contributed by atoms with van der Waals surface area (Å²) < 4.78 is 6.32. The molecule has 0 aliphatic rings. The summed E-state index contributed by atoms with van der Waals surface area (Å²) in [6.45, 7) is 2.00. The molecule has 0 atom stereocenters. The highest BCUT2D eigenvalue weighted by molar-refractivity contribution is 9.10. The van der Waals surface area contributed by atoms with Gasteiger partial charge in [0, 0.05) is 10.0 Å². The molecule has 0 fully saturated rings. The van der Waals surface area contributed by atoms with E-state index in [0.29, 0.717) is 5.76 Å². The Labute approximate surface area is 106 Å². The lowest BCUT2D eigenvalue weighted by atomic mass is 10.1. The normalized spacial score (nSPS) is 10.4. The van der Waals surface area contributed by atoms with Crippen molar-refractivity contribution in [1.29, 1.82) is 0 Å². The Morgan fingerprint density at radius 1 is 1.31 bits per heavy atom. The maximum Gasteiger partial charge on any atom is 0.287 e. The van der Waals surface area contributed by atoms with Crippen LogP contribution >= 0.6 is 27.5 Å². The van der Waals surface area contributed by atoms with Gasteiger partial charge in [-0.3, -0.25) is 4.79 Å². The summed E-state index contributed by atoms with van der Waals surface area (Å²) in [5, 5.41) is -0.586. The van der Waals surface area contributed by atoms with Crippen LogP contribution in [0, 0.1) is 6.92 Å². The lowest BCUT2D eigenvalue weighted by Crippen LogP contribution is -1.82. The average molecular weight is 300 g/mol. The van der Waals surface area contributed by atoms with Crippen molar-refractivity contribution < 1.29 is 9.21 Å². The third-order valence-electron chi connectivity index (χ3n) is 2.26. The van der Waals surface area contributed by atoms with E-state index >= 15 is 0 Å². The zero-order valence-corrected chi connectivity index (χ0v) is 10.8. The lowest BCUT2D eigenvalue weighted by Gasteiger charge is -2.00. The molecule has 16 heavy (non-hydrogen) atoms. The molecular weight excluding hydrogens is 291 g/mol. The number of carbonyl (C=O) groups excluding carboxylic acids is 1. The van der Waals surface area contributed by atoms with Crippen LogP contribution in [0.5, 0.6) is 0 Å². The van der Waals surface area contributed by atoms with Crippen molar-refractivity contribution in [2.75, 3.05) is 0 Å². The van der Waals surface area contributed by atoms with E-state index in [1.165, 1.54) is 0 Å². The number of hydrogen-bond acceptors (Lipinski definition) is 2. The molecule has 0 unspecified atom stereocenters. The molecule has 2 rings (SSSR count). The van der Waals surface area contributed by atoms with E-state index in [1.54, 1.807) is 12.1 Å². The molecule has 0 aliphatic carbocycles. The molecule has 0 radical (unpaired) electrons. The molecule has 0 bridgehead atoms. The Kier molecular flexibility index (Phi) is 3.17. The van der Waals surface area contributed by atoms with Crippen LogP contribution < -0.4 is 0 Å². The SMILES string of the molecule is Cc1ccc(-c2ccc(C(=O)Cl)o2)cc1Br. The van der Waals surface area contributed by atoms with Gasteiger partial charge in [0.15, 0.2) is 5.76 Å². The summed E-state index contributed by atoms with van der Waals surface area (Å²) in [5.74, 6) is 0.790. The van der Waals surface area contributed by atoms with E-state index in [2.05, 4.69) is 15.9 Å². The minimum absolute atomic E-state index is 0.161. The van der Waals surface area contributed by atoms with E-state index in [-0.39, 0.29) is 5.76 Å². The summed E-state index contributed by atoms with van der Waals surface area (Å²) in [6, 6.07) is 9.15. The average Bonchev–Trinajstić information content (AvgIpc) is 2.71. The first kappa shape index (κ1) is 11.4. The maximum absolute atomic E-state index is 10.9. The highest BCUT2D eigenvalue weighted by Gasteiger charge is 2.10. The predicted molar refractivity (Wildman–Crippen MR) is 66.8 cm³/mol. The number of hydrogen-bond donors (Lipinski definition) is 0. The molecule has 2 aromatic rings. The van der Waals surface area contributed by atoms with Gasteiger partial charge in [-0.1, -0.05) is 28.1 Å². The Hall–Kier alpha value is -1.06. The van der Waals surface area contributed by atoms with Crippen LogP contribution in [0.4, 0.5) is 0 Å². The predicted octanol–water partition coefficient (Wildman–Crippen LogP) is 4.40. The van der Waals surface area contributed by atoms with Crippen LogP contribution in [0.15, 0.2) is 39.2 Å². The zero-order chi connectivity index (χ0) is 11.7. The van der Waals surface area contributed by atoms with Crippen molar-refractivity contribution in [2.45, 2.75) is 6.92 Å². The molecule has 1 aromatic carbocycles. The number of rotatable bonds is 2. The molecule has 0 N–H and O–H groups in total. The molecule has 0 aliphatic heterocycles. The van der Waals surface area contributed by atoms with Gasteiger partial charge in [0.25, 0.3) is 5.24 Å². The summed E-state index contributed by atoms with van der Waals surface area (Å²) in [4.78, 5) is 10.9. The topological polar surface area (TPSA) is 30.2 Å². The van der Waals surface area contributed by atoms with E-state index in [1.807, 2.05) is 25.1 Å². The monoisotopic (exact) mass is 298 g/mol. The molecule has 1 heterocycles. The molecule has 2 nitrogen and oxygen atoms in total. The first-order valence-electron chi connectivity index (χ1n) is 4.64. The van der Waals surface area contributed by atoms with Crippen LogP contribution in [-0.4, -0.2) is 5.24 Å². The standard InChI is InChI=1S/C12H8BrClO2/c1-7-2-3-8(6-9(7)13)10-4-5-11(16-10)12(14)15/h2-6H,1H3. The van der Waals surface area contributed by atoms with Crippen molar-refractivity contribution >= 4 is 32.8 Å². The van der Waals surface area contributed by atoms with Gasteiger partial charge in [0.1, 0.15) is 5.76 Å². The largest absolute Gasteiger partial charge is 0.452 e. The second-order valence-electron chi connectivity index (χ2n) is 3.40. The van der Waals surface area contributed by atoms with Gasteiger partial charge in [0.05, 0.1) is 0 Å². The Morgan fingerprint density at radius 3 is 2.62 bits per heavy atom. The van der Waals surface area contributed by atoms with E-state index in [4.69, 9.17) is 16.0 Å². The Morgan fingerprint density at radius 2 is 2.06 bits per heavy atom. The van der Waals surface area contributed by atoms with E-state index in [9.17, 15) is 4.79 Å². The highest BCUT2D eigenvalue weighted by Crippen LogP contribution is 2.27. The van der Waals surface area contributed by atoms with Crippen molar-refractivity contribution in [2.24, 2.45) is 0 Å². The third kappa shape index (κ3) is 2.20. The molecule has 0 amide bonds. The zero-order valence-electron chi connectivity index (χ0n) is 8.46. The van der Waals surface area contributed by atoms with Crippen LogP contribution in [0.1, 0.15) is 16.1 Å². The highest BCUT2D eigenvalue weighted by atomic mass is 79.9. The van der Waals surface area contributed by atoms with Gasteiger partial charge in [-0.25, -0.2) is 0 Å². The quantitative estimate of drug-likeness (QED) is 0.770. The van der Waals surface area contributed by atoms with Gasteiger partial charge in [-0.15, -0.1) is 0 Å². The third-order valence-corrected chi connectivity index (χ3v) is 3.30. The van der Waals surface area contributed by atoms with Crippen LogP contribution in [0.2, 0.25) is 0 Å². The van der Waals surface area contributed by atoms with Crippen LogP contribution in [0.3, 0.4) is 0 Å². The molecule has 1 aromatic heterocycles. The van der Waals surface area contributed by atoms with Gasteiger partial charge >= 0.3 is 0 Å². The fourth-order valence-corrected chi connectivity index (χ4v) is 1.83. The van der Waals surface area contributed by atoms with Gasteiger partial charge in [-0.2, -0.15) is 0 Å². The van der Waals surface area contributed by atoms with E-state index in [0.717, 1.165) is 15.6 Å². The summed E-state index contributed by atoms with van der Waals surface area (Å²) in [7, 11) is 0. The Bertz CT molecular complexity index is 546. The van der Waals surface area contributed by atoms with Crippen molar-refractivity contribution in [3.63, 3.8) is 0 Å². The molecule has 0 spiro atoms. The minimum atomic E-state index is -0.586. The van der Waals surface area contributed by atoms with Gasteiger partial charge < -0.3 is 4.42 Å². The second-order valence-corrected chi connectivity index (χ2v) is 4.60. The van der Waals surface area contributed by atoms with Crippen molar-refractivity contribution in [1.82, 2.24) is 0 Å². The summed E-state index contributed by atoms with van der Waals surface area (Å²) >= 11 is 8.76. The Balaban J connectivity index is 2.42. The molecule has 0 saturated carbocycles. The molecule has 0 saturated heterocycles. The second kappa shape index (κ2) is 4.44. The smallest absolute Gasteiger partial charge is 0.287 e. The molecule has 82 valence electrons. The number of benzene rings is 1. The van der Waals surface area contributed by atoms with Gasteiger partial charge in [-0.05, 0) is 42.3 Å². The van der Waals surface area contributed by atoms with Crippen LogP contribution in [-0.2, 0) is 0 Å². The van der Waals surface area contributed by atoms with E-state index < -0.39 is 5.24 Å². The number of furan rings is 1. The molecular formula is C12H8BrClO2. The van der Waals surface area contributed by atoms with Crippen molar-refractivity contribution in [3.05, 3.63) is 46.1 Å². The molecule has 4 heteroatoms. The number of halogens is 2. The first-order valence-corrected chi connectivity index (χ1v) is 5.81. The maximum atomic E-state index is 10.9.